The van der Waals surface area contributed by atoms with Gasteiger partial charge in [-0.1, -0.05) is 30.0 Å². The number of amides is 1. The summed E-state index contributed by atoms with van der Waals surface area (Å²) in [5, 5.41) is 3.43. The van der Waals surface area contributed by atoms with Gasteiger partial charge in [0.05, 0.1) is 13.3 Å². The number of anilines is 1. The Kier molecular flexibility index (Phi) is 6.22. The number of para-hydroxylation sites is 1. The first kappa shape index (κ1) is 18.7. The van der Waals surface area contributed by atoms with E-state index < -0.39 is 0 Å². The number of nitrogens with zero attached hydrogens (tertiary/aromatic N) is 3. The van der Waals surface area contributed by atoms with E-state index >= 15 is 0 Å². The maximum atomic E-state index is 12.4. The van der Waals surface area contributed by atoms with Gasteiger partial charge < -0.3 is 14.6 Å². The third-order valence-electron chi connectivity index (χ3n) is 3.67. The van der Waals surface area contributed by atoms with Crippen molar-refractivity contribution in [2.75, 3.05) is 12.4 Å². The number of hydrogen-bond donors (Lipinski definition) is 1. The first-order valence-electron chi connectivity index (χ1n) is 8.18. The van der Waals surface area contributed by atoms with Gasteiger partial charge in [0, 0.05) is 35.6 Å². The van der Waals surface area contributed by atoms with E-state index in [1.807, 2.05) is 30.3 Å². The standard InChI is InChI=1S/C19H18N4O3S/c1-26-17-11-23(12-18(25)22-14-6-3-2-4-7-14)15(10-16(17)24)13-27-19-20-8-5-9-21-19/h2-11H,12-13H2,1H3,(H,22,25). The summed E-state index contributed by atoms with van der Waals surface area (Å²) in [6, 6.07) is 12.4. The number of benzene rings is 1. The summed E-state index contributed by atoms with van der Waals surface area (Å²) < 4.78 is 6.81. The molecule has 0 atom stereocenters. The topological polar surface area (TPSA) is 86.1 Å². The van der Waals surface area contributed by atoms with Crippen LogP contribution in [0.1, 0.15) is 5.69 Å². The molecule has 27 heavy (non-hydrogen) atoms. The van der Waals surface area contributed by atoms with Crippen LogP contribution in [0.15, 0.2) is 71.0 Å². The third-order valence-corrected chi connectivity index (χ3v) is 4.57. The van der Waals surface area contributed by atoms with E-state index in [9.17, 15) is 9.59 Å². The molecule has 138 valence electrons. The van der Waals surface area contributed by atoms with Crippen molar-refractivity contribution in [2.24, 2.45) is 0 Å². The molecule has 0 saturated heterocycles. The van der Waals surface area contributed by atoms with Gasteiger partial charge in [-0.05, 0) is 18.2 Å². The Morgan fingerprint density at radius 1 is 1.19 bits per heavy atom. The van der Waals surface area contributed by atoms with Crippen LogP contribution in [0.2, 0.25) is 0 Å². The largest absolute Gasteiger partial charge is 0.491 e. The monoisotopic (exact) mass is 382 g/mol. The van der Waals surface area contributed by atoms with Gasteiger partial charge in [-0.25, -0.2) is 9.97 Å². The second-order valence-corrected chi connectivity index (χ2v) is 6.50. The molecule has 0 unspecified atom stereocenters. The van der Waals surface area contributed by atoms with Crippen LogP contribution >= 0.6 is 11.8 Å². The van der Waals surface area contributed by atoms with Gasteiger partial charge in [0.15, 0.2) is 10.9 Å². The number of rotatable bonds is 7. The molecule has 1 amide bonds. The van der Waals surface area contributed by atoms with Crippen LogP contribution in [0.25, 0.3) is 0 Å². The molecule has 3 rings (SSSR count). The lowest BCUT2D eigenvalue weighted by Crippen LogP contribution is -2.22. The lowest BCUT2D eigenvalue weighted by Gasteiger charge is -2.14. The number of aromatic nitrogens is 3. The predicted molar refractivity (Wildman–Crippen MR) is 104 cm³/mol. The highest BCUT2D eigenvalue weighted by Crippen LogP contribution is 2.19. The van der Waals surface area contributed by atoms with Crippen LogP contribution in [-0.2, 0) is 17.1 Å². The molecular weight excluding hydrogens is 364 g/mol. The van der Waals surface area contributed by atoms with Crippen molar-refractivity contribution < 1.29 is 9.53 Å². The summed E-state index contributed by atoms with van der Waals surface area (Å²) >= 11 is 1.39. The van der Waals surface area contributed by atoms with Crippen molar-refractivity contribution in [1.82, 2.24) is 14.5 Å². The van der Waals surface area contributed by atoms with Crippen LogP contribution in [0.4, 0.5) is 5.69 Å². The number of methoxy groups -OCH3 is 1. The zero-order valence-corrected chi connectivity index (χ0v) is 15.5. The molecular formula is C19H18N4O3S. The highest BCUT2D eigenvalue weighted by Gasteiger charge is 2.12. The van der Waals surface area contributed by atoms with E-state index in [0.29, 0.717) is 22.3 Å². The summed E-state index contributed by atoms with van der Waals surface area (Å²) in [5.74, 6) is 0.434. The highest BCUT2D eigenvalue weighted by atomic mass is 32.2. The average Bonchev–Trinajstić information content (AvgIpc) is 2.69. The van der Waals surface area contributed by atoms with Gasteiger partial charge in [0.2, 0.25) is 11.3 Å². The van der Waals surface area contributed by atoms with Crippen LogP contribution < -0.4 is 15.5 Å². The summed E-state index contributed by atoms with van der Waals surface area (Å²) in [6.45, 7) is 0.0527. The molecule has 7 nitrogen and oxygen atoms in total. The Morgan fingerprint density at radius 3 is 2.63 bits per heavy atom. The Balaban J connectivity index is 1.79. The van der Waals surface area contributed by atoms with E-state index in [4.69, 9.17) is 4.74 Å². The van der Waals surface area contributed by atoms with Gasteiger partial charge in [-0.3, -0.25) is 9.59 Å². The molecule has 0 spiro atoms. The van der Waals surface area contributed by atoms with E-state index in [1.54, 1.807) is 29.2 Å². The molecule has 3 aromatic rings. The first-order valence-corrected chi connectivity index (χ1v) is 9.16. The molecule has 0 aliphatic heterocycles. The number of nitrogens with one attached hydrogen (secondary N) is 1. The second kappa shape index (κ2) is 9.00. The lowest BCUT2D eigenvalue weighted by molar-refractivity contribution is -0.116. The molecule has 0 fully saturated rings. The van der Waals surface area contributed by atoms with Crippen molar-refractivity contribution in [3.05, 3.63) is 77.0 Å². The van der Waals surface area contributed by atoms with Crippen molar-refractivity contribution in [2.45, 2.75) is 17.5 Å². The highest BCUT2D eigenvalue weighted by molar-refractivity contribution is 7.98. The maximum absolute atomic E-state index is 12.4. The fourth-order valence-electron chi connectivity index (χ4n) is 2.39. The quantitative estimate of drug-likeness (QED) is 0.499. The van der Waals surface area contributed by atoms with Crippen LogP contribution in [-0.4, -0.2) is 27.6 Å². The Hall–Kier alpha value is -3.13. The van der Waals surface area contributed by atoms with E-state index in [2.05, 4.69) is 15.3 Å². The zero-order valence-electron chi connectivity index (χ0n) is 14.7. The maximum Gasteiger partial charge on any atom is 0.244 e. The normalized spacial score (nSPS) is 10.4. The molecule has 1 aromatic carbocycles. The molecule has 0 bridgehead atoms. The molecule has 0 aliphatic carbocycles. The lowest BCUT2D eigenvalue weighted by atomic mass is 10.3. The molecule has 0 radical (unpaired) electrons. The minimum atomic E-state index is -0.234. The second-order valence-electron chi connectivity index (χ2n) is 5.56. The smallest absolute Gasteiger partial charge is 0.244 e. The van der Waals surface area contributed by atoms with Gasteiger partial charge in [-0.15, -0.1) is 0 Å². The fourth-order valence-corrected chi connectivity index (χ4v) is 3.19. The van der Waals surface area contributed by atoms with Crippen molar-refractivity contribution in [1.29, 1.82) is 0 Å². The van der Waals surface area contributed by atoms with Crippen molar-refractivity contribution in [3.8, 4) is 5.75 Å². The summed E-state index contributed by atoms with van der Waals surface area (Å²) in [5.41, 5.74) is 1.16. The molecule has 8 heteroatoms. The predicted octanol–water partition coefficient (Wildman–Crippen LogP) is 2.58. The Morgan fingerprint density at radius 2 is 1.93 bits per heavy atom. The average molecular weight is 382 g/mol. The summed E-state index contributed by atoms with van der Waals surface area (Å²) in [6.07, 6.45) is 4.86. The van der Waals surface area contributed by atoms with Crippen LogP contribution in [0.3, 0.4) is 0 Å². The molecule has 0 saturated carbocycles. The van der Waals surface area contributed by atoms with Crippen molar-refractivity contribution >= 4 is 23.4 Å². The summed E-state index contributed by atoms with van der Waals surface area (Å²) in [7, 11) is 1.43. The molecule has 2 heterocycles. The number of carbonyl (C=O) groups excluding carboxylic acids is 1. The third kappa shape index (κ3) is 5.18. The van der Waals surface area contributed by atoms with Gasteiger partial charge in [0.1, 0.15) is 6.54 Å². The Bertz CT molecular complexity index is 962. The van der Waals surface area contributed by atoms with Crippen LogP contribution in [0.5, 0.6) is 5.75 Å². The minimum Gasteiger partial charge on any atom is -0.491 e. The van der Waals surface area contributed by atoms with E-state index in [-0.39, 0.29) is 23.6 Å². The first-order chi connectivity index (χ1) is 13.2. The zero-order chi connectivity index (χ0) is 19.1. The number of carbonyl (C=O) groups is 1. The van der Waals surface area contributed by atoms with Gasteiger partial charge in [-0.2, -0.15) is 0 Å². The number of hydrogen-bond acceptors (Lipinski definition) is 6. The van der Waals surface area contributed by atoms with Crippen molar-refractivity contribution in [3.63, 3.8) is 0 Å². The van der Waals surface area contributed by atoms with E-state index in [1.165, 1.54) is 24.9 Å². The molecule has 1 N–H and O–H groups in total. The van der Waals surface area contributed by atoms with Gasteiger partial charge >= 0.3 is 0 Å². The fraction of sp³-hybridized carbons (Fsp3) is 0.158. The number of ether oxygens (including phenoxy) is 1. The number of pyridine rings is 1. The summed E-state index contributed by atoms with van der Waals surface area (Å²) in [4.78, 5) is 32.9. The minimum absolute atomic E-state index is 0.0527. The molecule has 0 aliphatic rings. The Labute approximate surface area is 160 Å². The van der Waals surface area contributed by atoms with E-state index in [0.717, 1.165) is 0 Å². The SMILES string of the molecule is COc1cn(CC(=O)Nc2ccccc2)c(CSc2ncccn2)cc1=O. The van der Waals surface area contributed by atoms with Crippen LogP contribution in [0, 0.1) is 0 Å². The number of thioether (sulfide) groups is 1. The van der Waals surface area contributed by atoms with Gasteiger partial charge in [0.25, 0.3) is 0 Å². The molecule has 2 aromatic heterocycles.